The van der Waals surface area contributed by atoms with Gasteiger partial charge < -0.3 is 40.3 Å². The zero-order valence-electron chi connectivity index (χ0n) is 44.9. The van der Waals surface area contributed by atoms with Crippen molar-refractivity contribution in [3.8, 4) is 0 Å². The Morgan fingerprint density at radius 1 is 0.485 bits per heavy atom. The molecule has 1 aliphatic rings. The molecule has 1 heterocycles. The predicted molar refractivity (Wildman–Crippen MR) is 286 cm³/mol. The van der Waals surface area contributed by atoms with Crippen molar-refractivity contribution in [2.45, 2.75) is 346 Å². The largest absolute Gasteiger partial charge is 0.394 e. The summed E-state index contributed by atoms with van der Waals surface area (Å²) in [6.45, 7) is 3.87. The third-order valence-corrected chi connectivity index (χ3v) is 14.6. The Hall–Kier alpha value is -1.07. The van der Waals surface area contributed by atoms with Crippen LogP contribution in [0.15, 0.2) is 12.2 Å². The topological polar surface area (TPSA) is 149 Å². The van der Waals surface area contributed by atoms with Crippen LogP contribution in [-0.2, 0) is 14.3 Å². The highest BCUT2D eigenvalue weighted by atomic mass is 16.7. The van der Waals surface area contributed by atoms with E-state index in [4.69, 9.17) is 9.47 Å². The molecule has 7 unspecified atom stereocenters. The minimum Gasteiger partial charge on any atom is -0.394 e. The minimum atomic E-state index is -1.55. The first-order valence-electron chi connectivity index (χ1n) is 29.9. The number of rotatable bonds is 52. The Morgan fingerprint density at radius 3 is 1.19 bits per heavy atom. The van der Waals surface area contributed by atoms with Gasteiger partial charge >= 0.3 is 0 Å². The Kier molecular flexibility index (Phi) is 47.3. The number of hydrogen-bond acceptors (Lipinski definition) is 8. The van der Waals surface area contributed by atoms with Gasteiger partial charge in [-0.15, -0.1) is 0 Å². The van der Waals surface area contributed by atoms with Gasteiger partial charge in [-0.05, 0) is 38.5 Å². The van der Waals surface area contributed by atoms with Crippen LogP contribution in [-0.4, -0.2) is 87.5 Å². The van der Waals surface area contributed by atoms with Crippen LogP contribution in [0.3, 0.4) is 0 Å². The van der Waals surface area contributed by atoms with E-state index in [1.807, 2.05) is 0 Å². The fraction of sp³-hybridized carbons (Fsp3) is 0.949. The fourth-order valence-corrected chi connectivity index (χ4v) is 9.87. The number of ether oxygens (including phenoxy) is 2. The monoisotopic (exact) mass is 966 g/mol. The molecule has 0 radical (unpaired) electrons. The van der Waals surface area contributed by atoms with E-state index < -0.39 is 49.5 Å². The maximum Gasteiger partial charge on any atom is 0.220 e. The number of carbonyl (C=O) groups is 1. The second kappa shape index (κ2) is 49.5. The molecule has 0 aromatic rings. The predicted octanol–water partition coefficient (Wildman–Crippen LogP) is 14.8. The molecular weight excluding hydrogens is 851 g/mol. The summed E-state index contributed by atoms with van der Waals surface area (Å²) in [7, 11) is 0. The number of hydrogen-bond donors (Lipinski definition) is 6. The Labute approximate surface area is 420 Å². The quantitative estimate of drug-likeness (QED) is 0.0261. The lowest BCUT2D eigenvalue weighted by atomic mass is 9.99. The molecule has 1 amide bonds. The van der Waals surface area contributed by atoms with Gasteiger partial charge in [0.2, 0.25) is 5.91 Å². The highest BCUT2D eigenvalue weighted by Crippen LogP contribution is 2.23. The maximum absolute atomic E-state index is 13.1. The number of carbonyl (C=O) groups excluding carboxylic acids is 1. The summed E-state index contributed by atoms with van der Waals surface area (Å²) >= 11 is 0. The highest BCUT2D eigenvalue weighted by Gasteiger charge is 2.44. The summed E-state index contributed by atoms with van der Waals surface area (Å²) in [5, 5.41) is 54.7. The molecule has 0 aromatic heterocycles. The summed E-state index contributed by atoms with van der Waals surface area (Å²) in [4.78, 5) is 13.1. The van der Waals surface area contributed by atoms with Gasteiger partial charge in [0.15, 0.2) is 6.29 Å². The second-order valence-electron chi connectivity index (χ2n) is 21.1. The number of unbranched alkanes of at least 4 members (excludes halogenated alkanes) is 40. The van der Waals surface area contributed by atoms with Crippen LogP contribution in [0.5, 0.6) is 0 Å². The molecule has 0 saturated carbocycles. The van der Waals surface area contributed by atoms with Crippen LogP contribution < -0.4 is 5.32 Å². The van der Waals surface area contributed by atoms with E-state index in [9.17, 15) is 30.3 Å². The van der Waals surface area contributed by atoms with Crippen molar-refractivity contribution in [1.82, 2.24) is 5.32 Å². The lowest BCUT2D eigenvalue weighted by molar-refractivity contribution is -0.302. The van der Waals surface area contributed by atoms with Crippen LogP contribution in [0.1, 0.15) is 303 Å². The van der Waals surface area contributed by atoms with E-state index in [1.165, 1.54) is 238 Å². The van der Waals surface area contributed by atoms with Crippen molar-refractivity contribution in [2.75, 3.05) is 13.2 Å². The van der Waals surface area contributed by atoms with Gasteiger partial charge in [-0.3, -0.25) is 4.79 Å². The van der Waals surface area contributed by atoms with E-state index in [2.05, 4.69) is 31.3 Å². The van der Waals surface area contributed by atoms with Crippen LogP contribution >= 0.6 is 0 Å². The smallest absolute Gasteiger partial charge is 0.220 e. The maximum atomic E-state index is 13.1. The Balaban J connectivity index is 2.17. The van der Waals surface area contributed by atoms with Gasteiger partial charge in [0.25, 0.3) is 0 Å². The number of nitrogens with one attached hydrogen (secondary N) is 1. The van der Waals surface area contributed by atoms with E-state index in [0.29, 0.717) is 12.8 Å². The molecule has 0 aromatic carbocycles. The standard InChI is InChI=1S/C59H115NO8/c1-3-5-7-9-11-13-15-17-19-21-23-24-25-26-27-28-29-31-32-34-36-38-40-42-44-46-48-53(62)52(51-67-59-58(66)57(65)56(64)54(50-61)68-59)60-55(63)49-47-45-43-41-39-37-35-33-30-22-20-18-16-14-12-10-8-6-4-2/h18,20,52-54,56-59,61-62,64-66H,3-17,19,21-51H2,1-2H3,(H,60,63)/b20-18-. The van der Waals surface area contributed by atoms with Crippen molar-refractivity contribution >= 4 is 5.91 Å². The lowest BCUT2D eigenvalue weighted by Crippen LogP contribution is -2.60. The van der Waals surface area contributed by atoms with Crippen molar-refractivity contribution in [2.24, 2.45) is 0 Å². The van der Waals surface area contributed by atoms with E-state index >= 15 is 0 Å². The number of aliphatic hydroxyl groups excluding tert-OH is 5. The second-order valence-corrected chi connectivity index (χ2v) is 21.1. The lowest BCUT2D eigenvalue weighted by Gasteiger charge is -2.40. The molecule has 0 bridgehead atoms. The van der Waals surface area contributed by atoms with Crippen LogP contribution in [0.25, 0.3) is 0 Å². The summed E-state index contributed by atoms with van der Waals surface area (Å²) in [6.07, 6.45) is 53.9. The molecule has 7 atom stereocenters. The SMILES string of the molecule is CCCCCCCC/C=C\CCCCCCCCCCCC(=O)NC(COC1OC(CO)C(O)C(O)C1O)C(O)CCCCCCCCCCCCCCCCCCCCCCCCCCCC. The van der Waals surface area contributed by atoms with Crippen molar-refractivity contribution in [1.29, 1.82) is 0 Å². The van der Waals surface area contributed by atoms with E-state index in [1.54, 1.807) is 0 Å². The average molecular weight is 967 g/mol. The van der Waals surface area contributed by atoms with Gasteiger partial charge in [0, 0.05) is 6.42 Å². The van der Waals surface area contributed by atoms with Crippen molar-refractivity contribution in [3.05, 3.63) is 12.2 Å². The van der Waals surface area contributed by atoms with Crippen LogP contribution in [0, 0.1) is 0 Å². The third kappa shape index (κ3) is 38.6. The normalized spacial score (nSPS) is 19.5. The van der Waals surface area contributed by atoms with Crippen molar-refractivity contribution < 1.29 is 39.8 Å². The minimum absolute atomic E-state index is 0.134. The first kappa shape index (κ1) is 64.9. The molecule has 1 fully saturated rings. The number of aliphatic hydroxyl groups is 5. The molecule has 9 nitrogen and oxygen atoms in total. The molecule has 1 rings (SSSR count). The highest BCUT2D eigenvalue weighted by molar-refractivity contribution is 5.76. The van der Waals surface area contributed by atoms with Crippen molar-refractivity contribution in [3.63, 3.8) is 0 Å². The summed E-state index contributed by atoms with van der Waals surface area (Å²) < 4.78 is 11.3. The molecule has 0 spiro atoms. The third-order valence-electron chi connectivity index (χ3n) is 14.6. The zero-order chi connectivity index (χ0) is 49.4. The van der Waals surface area contributed by atoms with E-state index in [0.717, 1.165) is 38.5 Å². The van der Waals surface area contributed by atoms with Crippen LogP contribution in [0.2, 0.25) is 0 Å². The van der Waals surface area contributed by atoms with Gasteiger partial charge in [-0.2, -0.15) is 0 Å². The van der Waals surface area contributed by atoms with Gasteiger partial charge in [0.1, 0.15) is 24.4 Å². The number of allylic oxidation sites excluding steroid dienone is 2. The number of amides is 1. The molecule has 404 valence electrons. The molecule has 68 heavy (non-hydrogen) atoms. The molecule has 6 N–H and O–H groups in total. The Morgan fingerprint density at radius 2 is 0.824 bits per heavy atom. The van der Waals surface area contributed by atoms with E-state index in [-0.39, 0.29) is 12.5 Å². The summed E-state index contributed by atoms with van der Waals surface area (Å²) in [5.41, 5.74) is 0. The van der Waals surface area contributed by atoms with Gasteiger partial charge in [-0.25, -0.2) is 0 Å². The molecule has 1 aliphatic heterocycles. The molecule has 0 aliphatic carbocycles. The van der Waals surface area contributed by atoms with Crippen LogP contribution in [0.4, 0.5) is 0 Å². The fourth-order valence-electron chi connectivity index (χ4n) is 9.87. The van der Waals surface area contributed by atoms with Gasteiger partial charge in [0.05, 0.1) is 25.4 Å². The molecular formula is C59H115NO8. The first-order chi connectivity index (χ1) is 33.3. The Bertz CT molecular complexity index is 1080. The summed E-state index contributed by atoms with van der Waals surface area (Å²) in [5.74, 6) is -0.141. The average Bonchev–Trinajstić information content (AvgIpc) is 3.34. The van der Waals surface area contributed by atoms with Gasteiger partial charge in [-0.1, -0.05) is 270 Å². The zero-order valence-corrected chi connectivity index (χ0v) is 44.9. The first-order valence-corrected chi connectivity index (χ1v) is 29.9. The summed E-state index contributed by atoms with van der Waals surface area (Å²) in [6, 6.07) is -0.718. The molecule has 9 heteroatoms. The molecule has 1 saturated heterocycles.